The minimum Gasteiger partial charge on any atom is -0.245 e. The number of hydrogen-bond donors (Lipinski definition) is 1. The van der Waals surface area contributed by atoms with E-state index in [0.717, 1.165) is 6.42 Å². The van der Waals surface area contributed by atoms with Crippen LogP contribution in [0.3, 0.4) is 0 Å². The molecule has 0 bridgehead atoms. The lowest BCUT2D eigenvalue weighted by atomic mass is 10.4. The number of tetrazole rings is 1. The van der Waals surface area contributed by atoms with Crippen molar-refractivity contribution in [2.75, 3.05) is 0 Å². The molecule has 10 heavy (non-hydrogen) atoms. The number of hydrogen-bond acceptors (Lipinski definition) is 3. The van der Waals surface area contributed by atoms with Crippen LogP contribution in [0.25, 0.3) is 0 Å². The first-order chi connectivity index (χ1) is 4.84. The molecule has 0 unspecified atom stereocenters. The van der Waals surface area contributed by atoms with Crippen LogP contribution in [0.2, 0.25) is 0 Å². The first-order valence-corrected chi connectivity index (χ1v) is 2.93. The third-order valence-electron chi connectivity index (χ3n) is 1.08. The van der Waals surface area contributed by atoms with Crippen LogP contribution in [-0.4, -0.2) is 20.2 Å². The largest absolute Gasteiger partial charge is 0.361 e. The lowest BCUT2D eigenvalue weighted by Crippen LogP contribution is -2.17. The number of aromatic amines is 1. The fourth-order valence-electron chi connectivity index (χ4n) is 0.577. The van der Waals surface area contributed by atoms with Crippen molar-refractivity contribution in [3.8, 4) is 0 Å². The molecule has 0 saturated carbocycles. The van der Waals surface area contributed by atoms with Gasteiger partial charge in [-0.25, -0.2) is 9.89 Å². The van der Waals surface area contributed by atoms with Crippen LogP contribution in [0.15, 0.2) is 17.4 Å². The van der Waals surface area contributed by atoms with Crippen molar-refractivity contribution in [1.29, 1.82) is 0 Å². The van der Waals surface area contributed by atoms with Crippen LogP contribution in [0.5, 0.6) is 0 Å². The summed E-state index contributed by atoms with van der Waals surface area (Å²) in [5.41, 5.74) is -0.276. The normalized spacial score (nSPS) is 9.60. The number of nitrogens with one attached hydrogen (secondary N) is 1. The molecule has 5 nitrogen and oxygen atoms in total. The van der Waals surface area contributed by atoms with E-state index in [1.165, 1.54) is 4.68 Å². The van der Waals surface area contributed by atoms with Gasteiger partial charge in [-0.1, -0.05) is 6.08 Å². The van der Waals surface area contributed by atoms with Crippen LogP contribution in [0.1, 0.15) is 6.42 Å². The van der Waals surface area contributed by atoms with Gasteiger partial charge in [-0.05, 0) is 16.8 Å². The highest BCUT2D eigenvalue weighted by Gasteiger charge is 1.94. The molecular weight excluding hydrogens is 132 g/mol. The van der Waals surface area contributed by atoms with E-state index in [1.807, 2.05) is 0 Å². The number of nitrogens with zero attached hydrogens (tertiary/aromatic N) is 3. The predicted molar refractivity (Wildman–Crippen MR) is 35.5 cm³/mol. The monoisotopic (exact) mass is 140 g/mol. The second kappa shape index (κ2) is 2.95. The summed E-state index contributed by atoms with van der Waals surface area (Å²) in [6.45, 7) is 4.06. The van der Waals surface area contributed by atoms with E-state index in [4.69, 9.17) is 0 Å². The summed E-state index contributed by atoms with van der Waals surface area (Å²) >= 11 is 0. The van der Waals surface area contributed by atoms with E-state index >= 15 is 0 Å². The van der Waals surface area contributed by atoms with Crippen molar-refractivity contribution in [3.63, 3.8) is 0 Å². The van der Waals surface area contributed by atoms with E-state index in [1.54, 1.807) is 6.08 Å². The molecule has 54 valence electrons. The molecule has 0 spiro atoms. The van der Waals surface area contributed by atoms with Gasteiger partial charge in [0.15, 0.2) is 0 Å². The highest BCUT2D eigenvalue weighted by molar-refractivity contribution is 4.66. The molecule has 0 aromatic carbocycles. The number of H-pyrrole nitrogens is 1. The molecule has 1 rings (SSSR count). The summed E-state index contributed by atoms with van der Waals surface area (Å²) < 4.78 is 1.25. The molecule has 1 N–H and O–H groups in total. The third-order valence-corrected chi connectivity index (χ3v) is 1.08. The number of rotatable bonds is 3. The average Bonchev–Trinajstić information content (AvgIpc) is 2.31. The minimum absolute atomic E-state index is 0.276. The van der Waals surface area contributed by atoms with Crippen LogP contribution < -0.4 is 5.69 Å². The smallest absolute Gasteiger partial charge is 0.245 e. The first kappa shape index (κ1) is 6.73. The molecule has 0 aliphatic heterocycles. The van der Waals surface area contributed by atoms with Crippen molar-refractivity contribution in [3.05, 3.63) is 23.1 Å². The SMILES string of the molecule is C=CCCn1nn[nH]c1=O. The van der Waals surface area contributed by atoms with Gasteiger partial charge in [0.05, 0.1) is 6.54 Å². The Bertz CT molecular complexity index is 261. The van der Waals surface area contributed by atoms with Crippen molar-refractivity contribution in [1.82, 2.24) is 20.2 Å². The topological polar surface area (TPSA) is 63.6 Å². The summed E-state index contributed by atoms with van der Waals surface area (Å²) in [6, 6.07) is 0. The Kier molecular flexibility index (Phi) is 1.99. The molecule has 0 aliphatic rings. The maximum atomic E-state index is 10.7. The Hall–Kier alpha value is -1.39. The highest BCUT2D eigenvalue weighted by Crippen LogP contribution is 1.80. The molecule has 0 saturated heterocycles. The fraction of sp³-hybridized carbons (Fsp3) is 0.400. The number of aromatic nitrogens is 4. The molecule has 0 amide bonds. The summed E-state index contributed by atoms with van der Waals surface area (Å²) in [5.74, 6) is 0. The van der Waals surface area contributed by atoms with E-state index in [0.29, 0.717) is 6.54 Å². The second-order valence-corrected chi connectivity index (χ2v) is 1.81. The second-order valence-electron chi connectivity index (χ2n) is 1.81. The Morgan fingerprint density at radius 3 is 3.10 bits per heavy atom. The average molecular weight is 140 g/mol. The maximum Gasteiger partial charge on any atom is 0.361 e. The molecule has 1 aromatic heterocycles. The quantitative estimate of drug-likeness (QED) is 0.578. The van der Waals surface area contributed by atoms with Gasteiger partial charge in [-0.2, -0.15) is 4.68 Å². The molecule has 0 radical (unpaired) electrons. The van der Waals surface area contributed by atoms with Crippen molar-refractivity contribution in [2.45, 2.75) is 13.0 Å². The molecular formula is C5H8N4O. The Morgan fingerprint density at radius 2 is 2.60 bits per heavy atom. The van der Waals surface area contributed by atoms with E-state index in [9.17, 15) is 4.79 Å². The predicted octanol–water partition coefficient (Wildman–Crippen LogP) is -0.457. The van der Waals surface area contributed by atoms with Crippen molar-refractivity contribution < 1.29 is 0 Å². The number of aryl methyl sites for hydroxylation is 1. The third kappa shape index (κ3) is 1.31. The van der Waals surface area contributed by atoms with Gasteiger partial charge in [0.2, 0.25) is 0 Å². The van der Waals surface area contributed by atoms with Crippen LogP contribution in [0, 0.1) is 0 Å². The zero-order chi connectivity index (χ0) is 7.40. The lowest BCUT2D eigenvalue weighted by Gasteiger charge is -1.89. The van der Waals surface area contributed by atoms with E-state index in [2.05, 4.69) is 22.1 Å². The maximum absolute atomic E-state index is 10.7. The standard InChI is InChI=1S/C5H8N4O/c1-2-3-4-9-5(10)6-7-8-9/h2H,1,3-4H2,(H,6,8,10). The molecule has 0 aliphatic carbocycles. The molecule has 1 heterocycles. The summed E-state index contributed by atoms with van der Waals surface area (Å²) in [6.07, 6.45) is 2.45. The molecule has 0 atom stereocenters. The van der Waals surface area contributed by atoms with Gasteiger partial charge in [-0.3, -0.25) is 0 Å². The highest BCUT2D eigenvalue weighted by atomic mass is 16.2. The molecule has 5 heteroatoms. The van der Waals surface area contributed by atoms with Crippen LogP contribution >= 0.6 is 0 Å². The Labute approximate surface area is 57.3 Å². The van der Waals surface area contributed by atoms with E-state index in [-0.39, 0.29) is 5.69 Å². The van der Waals surface area contributed by atoms with Crippen molar-refractivity contribution >= 4 is 0 Å². The molecule has 1 aromatic rings. The number of allylic oxidation sites excluding steroid dienone is 1. The van der Waals surface area contributed by atoms with Gasteiger partial charge in [0.25, 0.3) is 0 Å². The van der Waals surface area contributed by atoms with Gasteiger partial charge in [0, 0.05) is 0 Å². The zero-order valence-corrected chi connectivity index (χ0v) is 5.45. The summed E-state index contributed by atoms with van der Waals surface area (Å²) in [5, 5.41) is 9.01. The van der Waals surface area contributed by atoms with Crippen LogP contribution in [-0.2, 0) is 6.54 Å². The minimum atomic E-state index is -0.276. The van der Waals surface area contributed by atoms with E-state index < -0.39 is 0 Å². The van der Waals surface area contributed by atoms with Crippen molar-refractivity contribution in [2.24, 2.45) is 0 Å². The van der Waals surface area contributed by atoms with Gasteiger partial charge in [0.1, 0.15) is 0 Å². The van der Waals surface area contributed by atoms with Gasteiger partial charge >= 0.3 is 5.69 Å². The Balaban J connectivity index is 2.65. The first-order valence-electron chi connectivity index (χ1n) is 2.93. The van der Waals surface area contributed by atoms with Gasteiger partial charge < -0.3 is 0 Å². The van der Waals surface area contributed by atoms with Crippen LogP contribution in [0.4, 0.5) is 0 Å². The molecule has 0 fully saturated rings. The Morgan fingerprint density at radius 1 is 1.80 bits per heavy atom. The zero-order valence-electron chi connectivity index (χ0n) is 5.45. The summed E-state index contributed by atoms with van der Waals surface area (Å²) in [7, 11) is 0. The lowest BCUT2D eigenvalue weighted by molar-refractivity contribution is 0.581. The summed E-state index contributed by atoms with van der Waals surface area (Å²) in [4.78, 5) is 10.7. The fourth-order valence-corrected chi connectivity index (χ4v) is 0.577. The van der Waals surface area contributed by atoms with Gasteiger partial charge in [-0.15, -0.1) is 6.58 Å².